The van der Waals surface area contributed by atoms with Gasteiger partial charge in [-0.2, -0.15) is 0 Å². The Morgan fingerprint density at radius 1 is 1.29 bits per heavy atom. The van der Waals surface area contributed by atoms with Crippen LogP contribution < -0.4 is 5.73 Å². The van der Waals surface area contributed by atoms with Gasteiger partial charge in [-0.15, -0.1) is 0 Å². The van der Waals surface area contributed by atoms with Gasteiger partial charge in [-0.05, 0) is 37.8 Å². The van der Waals surface area contributed by atoms with Gasteiger partial charge in [0.05, 0.1) is 0 Å². The molecule has 2 heteroatoms. The van der Waals surface area contributed by atoms with Crippen molar-refractivity contribution in [2.75, 3.05) is 26.7 Å². The van der Waals surface area contributed by atoms with Gasteiger partial charge in [0.15, 0.2) is 0 Å². The summed E-state index contributed by atoms with van der Waals surface area (Å²) in [5, 5.41) is 0. The summed E-state index contributed by atoms with van der Waals surface area (Å²) in [4.78, 5) is 2.46. The molecule has 0 aromatic heterocycles. The van der Waals surface area contributed by atoms with Gasteiger partial charge >= 0.3 is 0 Å². The third-order valence-electron chi connectivity index (χ3n) is 3.38. The predicted octanol–water partition coefficient (Wildman–Crippen LogP) is 2.09. The molecule has 0 atom stereocenters. The van der Waals surface area contributed by atoms with Crippen molar-refractivity contribution in [1.29, 1.82) is 0 Å². The van der Waals surface area contributed by atoms with E-state index < -0.39 is 0 Å². The number of nitrogens with two attached hydrogens (primary N) is 1. The molecule has 2 N–H and O–H groups in total. The number of hydrogen-bond donors (Lipinski definition) is 1. The highest BCUT2D eigenvalue weighted by Crippen LogP contribution is 2.37. The molecule has 0 heterocycles. The van der Waals surface area contributed by atoms with Gasteiger partial charge in [-0.3, -0.25) is 0 Å². The van der Waals surface area contributed by atoms with E-state index in [-0.39, 0.29) is 0 Å². The molecule has 1 aliphatic carbocycles. The highest BCUT2D eigenvalue weighted by atomic mass is 15.1. The lowest BCUT2D eigenvalue weighted by Crippen LogP contribution is -2.40. The van der Waals surface area contributed by atoms with Gasteiger partial charge in [0.2, 0.25) is 0 Å². The lowest BCUT2D eigenvalue weighted by atomic mass is 9.85. The molecule has 0 aromatic carbocycles. The quantitative estimate of drug-likeness (QED) is 0.733. The summed E-state index contributed by atoms with van der Waals surface area (Å²) in [5.41, 5.74) is 6.37. The number of nitrogens with zero attached hydrogens (tertiary/aromatic N) is 1. The molecule has 2 nitrogen and oxygen atoms in total. The lowest BCUT2D eigenvalue weighted by molar-refractivity contribution is 0.172. The van der Waals surface area contributed by atoms with Crippen LogP contribution in [0.2, 0.25) is 0 Å². The average Bonchev–Trinajstić information content (AvgIpc) is 2.52. The molecule has 0 bridgehead atoms. The molecule has 0 saturated heterocycles. The van der Waals surface area contributed by atoms with Crippen LogP contribution in [0.15, 0.2) is 0 Å². The van der Waals surface area contributed by atoms with E-state index in [1.54, 1.807) is 0 Å². The van der Waals surface area contributed by atoms with Gasteiger partial charge in [0.25, 0.3) is 0 Å². The summed E-state index contributed by atoms with van der Waals surface area (Å²) in [6.07, 6.45) is 5.44. The maximum Gasteiger partial charge on any atom is 0.00471 e. The summed E-state index contributed by atoms with van der Waals surface area (Å²) in [7, 11) is 2.23. The topological polar surface area (TPSA) is 29.3 Å². The first kappa shape index (κ1) is 12.0. The molecule has 84 valence electrons. The zero-order chi connectivity index (χ0) is 10.6. The van der Waals surface area contributed by atoms with Crippen LogP contribution >= 0.6 is 0 Å². The average molecular weight is 198 g/mol. The largest absolute Gasteiger partial charge is 0.330 e. The Morgan fingerprint density at radius 2 is 1.86 bits per heavy atom. The molecule has 1 rings (SSSR count). The summed E-state index contributed by atoms with van der Waals surface area (Å²) >= 11 is 0. The molecule has 1 aliphatic rings. The lowest BCUT2D eigenvalue weighted by Gasteiger charge is -2.33. The van der Waals surface area contributed by atoms with E-state index in [4.69, 9.17) is 5.73 Å². The van der Waals surface area contributed by atoms with Gasteiger partial charge in [-0.25, -0.2) is 0 Å². The molecule has 1 saturated carbocycles. The second kappa shape index (κ2) is 5.13. The van der Waals surface area contributed by atoms with Crippen LogP contribution in [0.5, 0.6) is 0 Å². The molecule has 14 heavy (non-hydrogen) atoms. The van der Waals surface area contributed by atoms with Gasteiger partial charge < -0.3 is 10.6 Å². The van der Waals surface area contributed by atoms with Crippen molar-refractivity contribution in [1.82, 2.24) is 4.90 Å². The molecule has 0 amide bonds. The van der Waals surface area contributed by atoms with Gasteiger partial charge in [-0.1, -0.05) is 26.7 Å². The summed E-state index contributed by atoms with van der Waals surface area (Å²) in [6, 6.07) is 0. The van der Waals surface area contributed by atoms with Crippen molar-refractivity contribution < 1.29 is 0 Å². The van der Waals surface area contributed by atoms with Crippen LogP contribution in [0.1, 0.15) is 39.5 Å². The van der Waals surface area contributed by atoms with Crippen LogP contribution in [-0.2, 0) is 0 Å². The molecular weight excluding hydrogens is 172 g/mol. The minimum absolute atomic E-state index is 0.448. The third kappa shape index (κ3) is 3.25. The van der Waals surface area contributed by atoms with Crippen molar-refractivity contribution in [3.63, 3.8) is 0 Å². The maximum atomic E-state index is 5.92. The minimum atomic E-state index is 0.448. The van der Waals surface area contributed by atoms with E-state index >= 15 is 0 Å². The van der Waals surface area contributed by atoms with Crippen LogP contribution in [-0.4, -0.2) is 31.6 Å². The van der Waals surface area contributed by atoms with E-state index in [1.807, 2.05) is 0 Å². The number of hydrogen-bond acceptors (Lipinski definition) is 2. The Kier molecular flexibility index (Phi) is 4.39. The Labute approximate surface area is 88.8 Å². The zero-order valence-corrected chi connectivity index (χ0v) is 10.1. The summed E-state index contributed by atoms with van der Waals surface area (Å²) in [6.45, 7) is 7.82. The molecule has 0 radical (unpaired) electrons. The van der Waals surface area contributed by atoms with E-state index in [0.717, 1.165) is 12.5 Å². The van der Waals surface area contributed by atoms with Crippen molar-refractivity contribution >= 4 is 0 Å². The fourth-order valence-electron chi connectivity index (χ4n) is 2.81. The SMILES string of the molecule is CC(C)CN(C)CC1(CN)CCCC1. The normalized spacial score (nSPS) is 21.0. The van der Waals surface area contributed by atoms with Crippen molar-refractivity contribution in [3.8, 4) is 0 Å². The van der Waals surface area contributed by atoms with Crippen LogP contribution in [0.4, 0.5) is 0 Å². The monoisotopic (exact) mass is 198 g/mol. The maximum absolute atomic E-state index is 5.92. The Bertz CT molecular complexity index is 160. The first-order valence-corrected chi connectivity index (χ1v) is 5.97. The van der Waals surface area contributed by atoms with Crippen LogP contribution in [0, 0.1) is 11.3 Å². The standard InChI is InChI=1S/C12H26N2/c1-11(2)8-14(3)10-12(9-13)6-4-5-7-12/h11H,4-10,13H2,1-3H3. The second-order valence-electron chi connectivity index (χ2n) is 5.50. The molecule has 0 aliphatic heterocycles. The Hall–Kier alpha value is -0.0800. The molecule has 0 spiro atoms. The fourth-order valence-corrected chi connectivity index (χ4v) is 2.81. The molecular formula is C12H26N2. The van der Waals surface area contributed by atoms with Crippen LogP contribution in [0.25, 0.3) is 0 Å². The van der Waals surface area contributed by atoms with E-state index in [0.29, 0.717) is 5.41 Å². The Morgan fingerprint density at radius 3 is 2.29 bits per heavy atom. The highest BCUT2D eigenvalue weighted by molar-refractivity contribution is 4.87. The molecule has 1 fully saturated rings. The minimum Gasteiger partial charge on any atom is -0.330 e. The van der Waals surface area contributed by atoms with Crippen molar-refractivity contribution in [2.24, 2.45) is 17.1 Å². The smallest absolute Gasteiger partial charge is 0.00471 e. The van der Waals surface area contributed by atoms with E-state index in [1.165, 1.54) is 38.8 Å². The van der Waals surface area contributed by atoms with Gasteiger partial charge in [0, 0.05) is 13.1 Å². The highest BCUT2D eigenvalue weighted by Gasteiger charge is 2.33. The predicted molar refractivity (Wildman–Crippen MR) is 62.3 cm³/mol. The molecule has 0 unspecified atom stereocenters. The van der Waals surface area contributed by atoms with Crippen molar-refractivity contribution in [2.45, 2.75) is 39.5 Å². The van der Waals surface area contributed by atoms with Crippen LogP contribution in [0.3, 0.4) is 0 Å². The summed E-state index contributed by atoms with van der Waals surface area (Å²) < 4.78 is 0. The fraction of sp³-hybridized carbons (Fsp3) is 1.00. The third-order valence-corrected chi connectivity index (χ3v) is 3.38. The van der Waals surface area contributed by atoms with Gasteiger partial charge in [0.1, 0.15) is 0 Å². The second-order valence-corrected chi connectivity index (χ2v) is 5.50. The van der Waals surface area contributed by atoms with E-state index in [2.05, 4.69) is 25.8 Å². The Balaban J connectivity index is 2.39. The first-order chi connectivity index (χ1) is 6.58. The zero-order valence-electron chi connectivity index (χ0n) is 10.1. The van der Waals surface area contributed by atoms with E-state index in [9.17, 15) is 0 Å². The summed E-state index contributed by atoms with van der Waals surface area (Å²) in [5.74, 6) is 0.760. The number of rotatable bonds is 5. The molecule has 0 aromatic rings. The van der Waals surface area contributed by atoms with Crippen molar-refractivity contribution in [3.05, 3.63) is 0 Å². The first-order valence-electron chi connectivity index (χ1n) is 5.97.